The SMILES string of the molecule is Cc1cc(C)cc(-c2nc(C)n(C(C)C)c2N)c1. The van der Waals surface area contributed by atoms with Crippen LogP contribution < -0.4 is 5.73 Å². The van der Waals surface area contributed by atoms with Gasteiger partial charge in [-0.3, -0.25) is 0 Å². The molecule has 1 aromatic carbocycles. The lowest BCUT2D eigenvalue weighted by molar-refractivity contribution is 0.590. The summed E-state index contributed by atoms with van der Waals surface area (Å²) in [6.07, 6.45) is 0. The second kappa shape index (κ2) is 4.48. The van der Waals surface area contributed by atoms with Crippen LogP contribution in [-0.4, -0.2) is 9.55 Å². The normalized spacial score (nSPS) is 11.2. The van der Waals surface area contributed by atoms with E-state index in [0.717, 1.165) is 22.9 Å². The second-order valence-electron chi connectivity index (χ2n) is 5.23. The first-order chi connectivity index (χ1) is 8.40. The van der Waals surface area contributed by atoms with Crippen molar-refractivity contribution in [3.8, 4) is 11.3 Å². The van der Waals surface area contributed by atoms with Crippen LogP contribution in [0.3, 0.4) is 0 Å². The summed E-state index contributed by atoms with van der Waals surface area (Å²) in [7, 11) is 0. The van der Waals surface area contributed by atoms with E-state index in [1.165, 1.54) is 11.1 Å². The molecule has 0 saturated heterocycles. The Balaban J connectivity index is 2.61. The highest BCUT2D eigenvalue weighted by Crippen LogP contribution is 2.29. The summed E-state index contributed by atoms with van der Waals surface area (Å²) in [4.78, 5) is 4.62. The van der Waals surface area contributed by atoms with Crippen molar-refractivity contribution < 1.29 is 0 Å². The number of nitrogens with zero attached hydrogens (tertiary/aromatic N) is 2. The summed E-state index contributed by atoms with van der Waals surface area (Å²) in [6, 6.07) is 6.76. The van der Waals surface area contributed by atoms with Crippen molar-refractivity contribution >= 4 is 5.82 Å². The molecule has 0 aliphatic rings. The third kappa shape index (κ3) is 2.13. The van der Waals surface area contributed by atoms with Crippen LogP contribution in [0.5, 0.6) is 0 Å². The zero-order chi connectivity index (χ0) is 13.4. The van der Waals surface area contributed by atoms with E-state index >= 15 is 0 Å². The fourth-order valence-corrected chi connectivity index (χ4v) is 2.54. The summed E-state index contributed by atoms with van der Waals surface area (Å²) in [5, 5.41) is 0. The molecule has 0 radical (unpaired) electrons. The van der Waals surface area contributed by atoms with E-state index in [-0.39, 0.29) is 0 Å². The van der Waals surface area contributed by atoms with Crippen molar-refractivity contribution in [3.63, 3.8) is 0 Å². The number of aromatic nitrogens is 2. The number of benzene rings is 1. The van der Waals surface area contributed by atoms with E-state index in [2.05, 4.69) is 55.4 Å². The van der Waals surface area contributed by atoms with Gasteiger partial charge in [-0.1, -0.05) is 17.2 Å². The van der Waals surface area contributed by atoms with E-state index in [1.54, 1.807) is 0 Å². The monoisotopic (exact) mass is 243 g/mol. The number of anilines is 1. The molecule has 1 aromatic heterocycles. The lowest BCUT2D eigenvalue weighted by Gasteiger charge is -2.11. The van der Waals surface area contributed by atoms with Crippen LogP contribution in [0.2, 0.25) is 0 Å². The zero-order valence-corrected chi connectivity index (χ0v) is 11.8. The summed E-state index contributed by atoms with van der Waals surface area (Å²) >= 11 is 0. The number of nitrogen functional groups attached to an aromatic ring is 1. The minimum absolute atomic E-state index is 0.331. The summed E-state index contributed by atoms with van der Waals surface area (Å²) < 4.78 is 2.08. The standard InChI is InChI=1S/C15H21N3/c1-9(2)18-12(5)17-14(15(18)16)13-7-10(3)6-11(4)8-13/h6-9H,16H2,1-5H3. The Kier molecular flexibility index (Phi) is 3.16. The molecule has 0 aliphatic heterocycles. The molecular formula is C15H21N3. The van der Waals surface area contributed by atoms with Crippen LogP contribution in [0.1, 0.15) is 36.8 Å². The number of hydrogen-bond donors (Lipinski definition) is 1. The molecule has 18 heavy (non-hydrogen) atoms. The molecule has 0 unspecified atom stereocenters. The molecule has 96 valence electrons. The van der Waals surface area contributed by atoms with Gasteiger partial charge in [-0.25, -0.2) is 4.98 Å². The van der Waals surface area contributed by atoms with E-state index in [0.29, 0.717) is 6.04 Å². The minimum atomic E-state index is 0.331. The molecule has 0 aliphatic carbocycles. The highest BCUT2D eigenvalue weighted by molar-refractivity contribution is 5.72. The van der Waals surface area contributed by atoms with Crippen LogP contribution in [-0.2, 0) is 0 Å². The second-order valence-corrected chi connectivity index (χ2v) is 5.23. The van der Waals surface area contributed by atoms with Crippen molar-refractivity contribution in [2.75, 3.05) is 5.73 Å². The van der Waals surface area contributed by atoms with Crippen molar-refractivity contribution in [2.45, 2.75) is 40.7 Å². The molecule has 0 bridgehead atoms. The van der Waals surface area contributed by atoms with Crippen LogP contribution in [0.15, 0.2) is 18.2 Å². The van der Waals surface area contributed by atoms with Gasteiger partial charge in [-0.05, 0) is 46.8 Å². The van der Waals surface area contributed by atoms with E-state index in [1.807, 2.05) is 6.92 Å². The topological polar surface area (TPSA) is 43.8 Å². The zero-order valence-electron chi connectivity index (χ0n) is 11.8. The average molecular weight is 243 g/mol. The molecule has 3 nitrogen and oxygen atoms in total. The van der Waals surface area contributed by atoms with Crippen LogP contribution in [0.25, 0.3) is 11.3 Å². The summed E-state index contributed by atoms with van der Waals surface area (Å²) in [5.41, 5.74) is 10.7. The fourth-order valence-electron chi connectivity index (χ4n) is 2.54. The Labute approximate surface area is 109 Å². The van der Waals surface area contributed by atoms with Crippen molar-refractivity contribution in [1.29, 1.82) is 0 Å². The van der Waals surface area contributed by atoms with Crippen LogP contribution in [0, 0.1) is 20.8 Å². The smallest absolute Gasteiger partial charge is 0.131 e. The highest BCUT2D eigenvalue weighted by atomic mass is 15.2. The number of imidazole rings is 1. The van der Waals surface area contributed by atoms with Gasteiger partial charge in [0.05, 0.1) is 0 Å². The minimum Gasteiger partial charge on any atom is -0.383 e. The average Bonchev–Trinajstić information content (AvgIpc) is 2.52. The molecule has 2 N–H and O–H groups in total. The summed E-state index contributed by atoms with van der Waals surface area (Å²) in [6.45, 7) is 10.4. The summed E-state index contributed by atoms with van der Waals surface area (Å²) in [5.74, 6) is 1.73. The lowest BCUT2D eigenvalue weighted by Crippen LogP contribution is -2.07. The van der Waals surface area contributed by atoms with Gasteiger partial charge in [0.25, 0.3) is 0 Å². The van der Waals surface area contributed by atoms with Gasteiger partial charge in [-0.15, -0.1) is 0 Å². The first-order valence-electron chi connectivity index (χ1n) is 6.33. The van der Waals surface area contributed by atoms with Gasteiger partial charge in [0.15, 0.2) is 0 Å². The third-order valence-corrected chi connectivity index (χ3v) is 3.14. The fraction of sp³-hybridized carbons (Fsp3) is 0.400. The Bertz CT molecular complexity index is 559. The first kappa shape index (κ1) is 12.7. The number of rotatable bonds is 2. The molecule has 1 heterocycles. The van der Waals surface area contributed by atoms with Crippen LogP contribution >= 0.6 is 0 Å². The third-order valence-electron chi connectivity index (χ3n) is 3.14. The molecular weight excluding hydrogens is 222 g/mol. The van der Waals surface area contributed by atoms with E-state index < -0.39 is 0 Å². The molecule has 3 heteroatoms. The number of hydrogen-bond acceptors (Lipinski definition) is 2. The lowest BCUT2D eigenvalue weighted by atomic mass is 10.1. The Hall–Kier alpha value is -1.77. The van der Waals surface area contributed by atoms with Gasteiger partial charge >= 0.3 is 0 Å². The van der Waals surface area contributed by atoms with Gasteiger partial charge in [0.2, 0.25) is 0 Å². The Morgan fingerprint density at radius 3 is 2.06 bits per heavy atom. The molecule has 0 atom stereocenters. The largest absolute Gasteiger partial charge is 0.383 e. The van der Waals surface area contributed by atoms with E-state index in [4.69, 9.17) is 5.73 Å². The predicted molar refractivity (Wildman–Crippen MR) is 76.7 cm³/mol. The molecule has 2 aromatic rings. The maximum absolute atomic E-state index is 6.24. The molecule has 0 amide bonds. The van der Waals surface area contributed by atoms with Gasteiger partial charge in [0.1, 0.15) is 17.3 Å². The van der Waals surface area contributed by atoms with Gasteiger partial charge < -0.3 is 10.3 Å². The highest BCUT2D eigenvalue weighted by Gasteiger charge is 2.15. The van der Waals surface area contributed by atoms with Gasteiger partial charge in [0, 0.05) is 11.6 Å². The predicted octanol–water partition coefficient (Wildman–Crippen LogP) is 3.64. The van der Waals surface area contributed by atoms with E-state index in [9.17, 15) is 0 Å². The maximum atomic E-state index is 6.24. The van der Waals surface area contributed by atoms with Crippen molar-refractivity contribution in [1.82, 2.24) is 9.55 Å². The molecule has 0 fully saturated rings. The quantitative estimate of drug-likeness (QED) is 0.875. The first-order valence-corrected chi connectivity index (χ1v) is 6.33. The molecule has 0 saturated carbocycles. The van der Waals surface area contributed by atoms with Crippen LogP contribution in [0.4, 0.5) is 5.82 Å². The number of aryl methyl sites for hydroxylation is 3. The molecule has 0 spiro atoms. The Morgan fingerprint density at radius 1 is 1.06 bits per heavy atom. The van der Waals surface area contributed by atoms with Crippen molar-refractivity contribution in [2.24, 2.45) is 0 Å². The maximum Gasteiger partial charge on any atom is 0.131 e. The van der Waals surface area contributed by atoms with Crippen molar-refractivity contribution in [3.05, 3.63) is 35.2 Å². The Morgan fingerprint density at radius 2 is 1.61 bits per heavy atom. The molecule has 2 rings (SSSR count). The van der Waals surface area contributed by atoms with Gasteiger partial charge in [-0.2, -0.15) is 0 Å². The number of nitrogens with two attached hydrogens (primary N) is 1.